The molecular formula is C11H21N3O2S. The topological polar surface area (TPSA) is 78.3 Å². The first-order valence-electron chi connectivity index (χ1n) is 5.71. The molecule has 0 aliphatic carbocycles. The molecule has 0 aliphatic rings. The Balaban J connectivity index is 2.85. The van der Waals surface area contributed by atoms with Crippen LogP contribution in [0.15, 0.2) is 0 Å². The summed E-state index contributed by atoms with van der Waals surface area (Å²) in [6, 6.07) is 0. The fourth-order valence-electron chi connectivity index (χ4n) is 1.25. The van der Waals surface area contributed by atoms with Crippen molar-refractivity contribution < 1.29 is 10.2 Å². The summed E-state index contributed by atoms with van der Waals surface area (Å²) in [5.41, 5.74) is -0.807. The summed E-state index contributed by atoms with van der Waals surface area (Å²) in [5, 5.41) is 22.4. The molecule has 0 unspecified atom stereocenters. The van der Waals surface area contributed by atoms with Crippen molar-refractivity contribution in [3.8, 4) is 0 Å². The monoisotopic (exact) mass is 259 g/mol. The lowest BCUT2D eigenvalue weighted by Crippen LogP contribution is -2.45. The van der Waals surface area contributed by atoms with Gasteiger partial charge < -0.3 is 15.5 Å². The maximum Gasteiger partial charge on any atom is 0.203 e. The molecule has 0 fully saturated rings. The van der Waals surface area contributed by atoms with E-state index >= 15 is 0 Å². The first kappa shape index (κ1) is 14.3. The van der Waals surface area contributed by atoms with E-state index < -0.39 is 5.54 Å². The lowest BCUT2D eigenvalue weighted by molar-refractivity contribution is 0.132. The molecule has 0 aromatic carbocycles. The van der Waals surface area contributed by atoms with Crippen LogP contribution in [-0.2, 0) is 5.41 Å². The van der Waals surface area contributed by atoms with Gasteiger partial charge in [-0.25, -0.2) is 4.98 Å². The Bertz CT molecular complexity index is 348. The van der Waals surface area contributed by atoms with Gasteiger partial charge in [-0.05, 0) is 6.42 Å². The van der Waals surface area contributed by atoms with Crippen molar-refractivity contribution in [1.82, 2.24) is 9.36 Å². The highest BCUT2D eigenvalue weighted by Crippen LogP contribution is 2.25. The van der Waals surface area contributed by atoms with Gasteiger partial charge in [0.15, 0.2) is 0 Å². The van der Waals surface area contributed by atoms with E-state index in [-0.39, 0.29) is 18.6 Å². The van der Waals surface area contributed by atoms with Crippen LogP contribution in [0, 0.1) is 0 Å². The maximum absolute atomic E-state index is 9.34. The molecule has 0 amide bonds. The number of hydrogen-bond donors (Lipinski definition) is 3. The third-order valence-electron chi connectivity index (χ3n) is 2.75. The number of aliphatic hydroxyl groups excluding tert-OH is 2. The fraction of sp³-hybridized carbons (Fsp3) is 0.818. The number of anilines is 1. The quantitative estimate of drug-likeness (QED) is 0.744. The van der Waals surface area contributed by atoms with Crippen LogP contribution < -0.4 is 5.32 Å². The van der Waals surface area contributed by atoms with Gasteiger partial charge in [0.25, 0.3) is 0 Å². The predicted molar refractivity (Wildman–Crippen MR) is 69.4 cm³/mol. The molecule has 0 spiro atoms. The van der Waals surface area contributed by atoms with E-state index in [0.29, 0.717) is 11.6 Å². The highest BCUT2D eigenvalue weighted by Gasteiger charge is 2.28. The van der Waals surface area contributed by atoms with Crippen molar-refractivity contribution in [2.45, 2.75) is 45.1 Å². The molecular weight excluding hydrogens is 238 g/mol. The van der Waals surface area contributed by atoms with Gasteiger partial charge in [-0.2, -0.15) is 4.37 Å². The molecule has 5 nitrogen and oxygen atoms in total. The minimum Gasteiger partial charge on any atom is -0.394 e. The Morgan fingerprint density at radius 2 is 1.82 bits per heavy atom. The highest BCUT2D eigenvalue weighted by atomic mass is 32.1. The molecule has 0 atom stereocenters. The van der Waals surface area contributed by atoms with E-state index in [4.69, 9.17) is 0 Å². The average molecular weight is 259 g/mol. The zero-order chi connectivity index (χ0) is 13.1. The second kappa shape index (κ2) is 5.29. The fourth-order valence-corrected chi connectivity index (χ4v) is 2.12. The lowest BCUT2D eigenvalue weighted by Gasteiger charge is -2.29. The second-order valence-corrected chi connectivity index (χ2v) is 6.00. The SMILES string of the molecule is CCC(CO)(CO)Nc1nc(C(C)(C)C)ns1. The number of rotatable bonds is 5. The summed E-state index contributed by atoms with van der Waals surface area (Å²) in [5.74, 6) is 0.769. The van der Waals surface area contributed by atoms with E-state index in [1.807, 2.05) is 27.7 Å². The summed E-state index contributed by atoms with van der Waals surface area (Å²) in [6.45, 7) is 7.78. The van der Waals surface area contributed by atoms with E-state index in [1.165, 1.54) is 11.5 Å². The van der Waals surface area contributed by atoms with Crippen molar-refractivity contribution in [2.24, 2.45) is 0 Å². The normalized spacial score (nSPS) is 12.8. The number of nitrogens with zero attached hydrogens (tertiary/aromatic N) is 2. The van der Waals surface area contributed by atoms with Crippen LogP contribution in [-0.4, -0.2) is 38.3 Å². The van der Waals surface area contributed by atoms with Crippen LogP contribution in [0.3, 0.4) is 0 Å². The van der Waals surface area contributed by atoms with Crippen LogP contribution in [0.25, 0.3) is 0 Å². The van der Waals surface area contributed by atoms with Crippen LogP contribution in [0.2, 0.25) is 0 Å². The van der Waals surface area contributed by atoms with Gasteiger partial charge in [-0.1, -0.05) is 27.7 Å². The van der Waals surface area contributed by atoms with Gasteiger partial charge in [0.2, 0.25) is 5.13 Å². The smallest absolute Gasteiger partial charge is 0.203 e. The third-order valence-corrected chi connectivity index (χ3v) is 3.38. The van der Waals surface area contributed by atoms with Crippen LogP contribution in [0.1, 0.15) is 39.9 Å². The summed E-state index contributed by atoms with van der Waals surface area (Å²) in [7, 11) is 0. The zero-order valence-electron chi connectivity index (χ0n) is 10.8. The van der Waals surface area contributed by atoms with Gasteiger partial charge in [0.05, 0.1) is 18.8 Å². The summed E-state index contributed by atoms with van der Waals surface area (Å²) >= 11 is 1.25. The molecule has 0 aliphatic heterocycles. The van der Waals surface area contributed by atoms with Gasteiger partial charge in [-0.15, -0.1) is 0 Å². The van der Waals surface area contributed by atoms with Crippen molar-refractivity contribution >= 4 is 16.7 Å². The Kier molecular flexibility index (Phi) is 4.46. The molecule has 0 bridgehead atoms. The van der Waals surface area contributed by atoms with Crippen molar-refractivity contribution in [3.05, 3.63) is 5.82 Å². The van der Waals surface area contributed by atoms with Gasteiger partial charge in [-0.3, -0.25) is 0 Å². The Hall–Kier alpha value is -0.720. The van der Waals surface area contributed by atoms with Crippen LogP contribution in [0.5, 0.6) is 0 Å². The minimum atomic E-state index is -0.714. The van der Waals surface area contributed by atoms with Crippen LogP contribution >= 0.6 is 11.5 Å². The Morgan fingerprint density at radius 1 is 1.24 bits per heavy atom. The third kappa shape index (κ3) is 3.37. The van der Waals surface area contributed by atoms with Crippen molar-refractivity contribution in [1.29, 1.82) is 0 Å². The first-order valence-corrected chi connectivity index (χ1v) is 6.48. The minimum absolute atomic E-state index is 0.0935. The molecule has 1 heterocycles. The molecule has 6 heteroatoms. The highest BCUT2D eigenvalue weighted by molar-refractivity contribution is 7.09. The first-order chi connectivity index (χ1) is 7.87. The predicted octanol–water partition coefficient (Wildman–Crippen LogP) is 1.38. The molecule has 0 radical (unpaired) electrons. The van der Waals surface area contributed by atoms with Gasteiger partial charge in [0.1, 0.15) is 5.82 Å². The Labute approximate surface area is 106 Å². The largest absolute Gasteiger partial charge is 0.394 e. The molecule has 3 N–H and O–H groups in total. The molecule has 1 aromatic rings. The number of aromatic nitrogens is 2. The summed E-state index contributed by atoms with van der Waals surface area (Å²) in [4.78, 5) is 4.38. The van der Waals surface area contributed by atoms with Crippen molar-refractivity contribution in [3.63, 3.8) is 0 Å². The van der Waals surface area contributed by atoms with Crippen molar-refractivity contribution in [2.75, 3.05) is 18.5 Å². The number of nitrogens with one attached hydrogen (secondary N) is 1. The molecule has 0 saturated heterocycles. The van der Waals surface area contributed by atoms with Gasteiger partial charge >= 0.3 is 0 Å². The number of aliphatic hydroxyl groups is 2. The van der Waals surface area contributed by atoms with E-state index in [1.54, 1.807) is 0 Å². The van der Waals surface area contributed by atoms with Gasteiger partial charge in [0, 0.05) is 16.9 Å². The van der Waals surface area contributed by atoms with E-state index in [2.05, 4.69) is 14.7 Å². The average Bonchev–Trinajstić information content (AvgIpc) is 2.74. The standard InChI is InChI=1S/C11H21N3O2S/c1-5-11(6-15,7-16)13-9-12-8(14-17-9)10(2,3)4/h15-16H,5-7H2,1-4H3,(H,12,13,14). The zero-order valence-corrected chi connectivity index (χ0v) is 11.6. The molecule has 0 saturated carbocycles. The Morgan fingerprint density at radius 3 is 2.18 bits per heavy atom. The number of hydrogen-bond acceptors (Lipinski definition) is 6. The molecule has 1 rings (SSSR count). The molecule has 98 valence electrons. The van der Waals surface area contributed by atoms with E-state index in [0.717, 1.165) is 5.82 Å². The van der Waals surface area contributed by atoms with E-state index in [9.17, 15) is 10.2 Å². The second-order valence-electron chi connectivity index (χ2n) is 5.25. The van der Waals surface area contributed by atoms with Crippen LogP contribution in [0.4, 0.5) is 5.13 Å². The summed E-state index contributed by atoms with van der Waals surface area (Å²) < 4.78 is 4.28. The molecule has 17 heavy (non-hydrogen) atoms. The molecule has 1 aromatic heterocycles. The summed E-state index contributed by atoms with van der Waals surface area (Å²) in [6.07, 6.45) is 0.616. The maximum atomic E-state index is 9.34. The lowest BCUT2D eigenvalue weighted by atomic mass is 9.96.